The first-order valence-electron chi connectivity index (χ1n) is 7.11. The summed E-state index contributed by atoms with van der Waals surface area (Å²) < 4.78 is 0. The number of likely N-dealkylation sites (tertiary alicyclic amines) is 1. The molecule has 0 aliphatic carbocycles. The molecule has 1 aliphatic heterocycles. The standard InChI is InChI=1S/C14H26N3O2/c1-5-17-8-6-7-12(17)14(19)16-11(9-10(2)3)13(18)15-4/h10-12H,4-9H2,1-3H3,(H,15,18)(H,16,19)/t11-,12-/m0/s1. The van der Waals surface area contributed by atoms with Gasteiger partial charge in [-0.15, -0.1) is 0 Å². The average molecular weight is 268 g/mol. The van der Waals surface area contributed by atoms with Crippen LogP contribution in [0.25, 0.3) is 0 Å². The molecule has 0 aromatic rings. The van der Waals surface area contributed by atoms with Gasteiger partial charge in [-0.1, -0.05) is 20.8 Å². The predicted molar refractivity (Wildman–Crippen MR) is 75.2 cm³/mol. The number of amides is 2. The van der Waals surface area contributed by atoms with Crippen LogP contribution >= 0.6 is 0 Å². The second kappa shape index (κ2) is 7.48. The quantitative estimate of drug-likeness (QED) is 0.752. The maximum absolute atomic E-state index is 12.3. The SMILES string of the molecule is [CH2]NC(=O)[C@H](CC(C)C)NC(=O)[C@@H]1CCCN1CC. The minimum atomic E-state index is -0.482. The molecule has 0 saturated carbocycles. The fourth-order valence-electron chi connectivity index (χ4n) is 2.60. The molecular weight excluding hydrogens is 242 g/mol. The normalized spacial score (nSPS) is 21.4. The van der Waals surface area contributed by atoms with Gasteiger partial charge < -0.3 is 10.6 Å². The Morgan fingerprint density at radius 1 is 1.42 bits per heavy atom. The highest BCUT2D eigenvalue weighted by Crippen LogP contribution is 2.17. The van der Waals surface area contributed by atoms with E-state index in [1.165, 1.54) is 0 Å². The van der Waals surface area contributed by atoms with Gasteiger partial charge in [0.2, 0.25) is 11.8 Å². The third-order valence-corrected chi connectivity index (χ3v) is 3.59. The molecule has 109 valence electrons. The van der Waals surface area contributed by atoms with Gasteiger partial charge in [-0.25, -0.2) is 0 Å². The van der Waals surface area contributed by atoms with E-state index in [9.17, 15) is 9.59 Å². The zero-order chi connectivity index (χ0) is 14.4. The molecule has 0 spiro atoms. The van der Waals surface area contributed by atoms with Crippen LogP contribution in [0.2, 0.25) is 0 Å². The van der Waals surface area contributed by atoms with Crippen molar-refractivity contribution in [2.75, 3.05) is 13.1 Å². The molecule has 5 nitrogen and oxygen atoms in total. The first-order chi connectivity index (χ1) is 8.99. The van der Waals surface area contributed by atoms with Crippen LogP contribution in [0, 0.1) is 13.0 Å². The van der Waals surface area contributed by atoms with E-state index in [4.69, 9.17) is 0 Å². The van der Waals surface area contributed by atoms with Gasteiger partial charge in [-0.3, -0.25) is 14.5 Å². The molecule has 1 heterocycles. The predicted octanol–water partition coefficient (Wildman–Crippen LogP) is 0.909. The minimum Gasteiger partial charge on any atom is -0.353 e. The molecule has 1 rings (SSSR count). The Bertz CT molecular complexity index is 318. The third-order valence-electron chi connectivity index (χ3n) is 3.59. The highest BCUT2D eigenvalue weighted by Gasteiger charge is 2.32. The lowest BCUT2D eigenvalue weighted by Crippen LogP contribution is -2.51. The summed E-state index contributed by atoms with van der Waals surface area (Å²) in [4.78, 5) is 26.2. The number of likely N-dealkylation sites (N-methyl/N-ethyl adjacent to an activating group) is 1. The van der Waals surface area contributed by atoms with Gasteiger partial charge in [0, 0.05) is 7.05 Å². The molecule has 19 heavy (non-hydrogen) atoms. The van der Waals surface area contributed by atoms with E-state index < -0.39 is 6.04 Å². The molecule has 1 fully saturated rings. The van der Waals surface area contributed by atoms with Crippen LogP contribution in [0.1, 0.15) is 40.0 Å². The third kappa shape index (κ3) is 4.49. The summed E-state index contributed by atoms with van der Waals surface area (Å²) in [6.45, 7) is 7.95. The summed E-state index contributed by atoms with van der Waals surface area (Å²) in [5.74, 6) is 0.0881. The van der Waals surface area contributed by atoms with E-state index in [0.29, 0.717) is 12.3 Å². The molecule has 0 unspecified atom stereocenters. The summed E-state index contributed by atoms with van der Waals surface area (Å²) in [6, 6.07) is -0.568. The smallest absolute Gasteiger partial charge is 0.242 e. The maximum Gasteiger partial charge on any atom is 0.242 e. The topological polar surface area (TPSA) is 61.4 Å². The van der Waals surface area contributed by atoms with E-state index in [2.05, 4.69) is 29.5 Å². The van der Waals surface area contributed by atoms with Crippen LogP contribution in [0.3, 0.4) is 0 Å². The van der Waals surface area contributed by atoms with Crippen molar-refractivity contribution in [1.29, 1.82) is 0 Å². The highest BCUT2D eigenvalue weighted by molar-refractivity contribution is 5.89. The van der Waals surface area contributed by atoms with E-state index in [0.717, 1.165) is 25.9 Å². The maximum atomic E-state index is 12.3. The fourth-order valence-corrected chi connectivity index (χ4v) is 2.60. The van der Waals surface area contributed by atoms with Crippen molar-refractivity contribution in [3.63, 3.8) is 0 Å². The number of nitrogens with one attached hydrogen (secondary N) is 2. The van der Waals surface area contributed by atoms with Crippen LogP contribution in [0.4, 0.5) is 0 Å². The second-order valence-electron chi connectivity index (χ2n) is 5.52. The highest BCUT2D eigenvalue weighted by atomic mass is 16.2. The van der Waals surface area contributed by atoms with E-state index in [1.54, 1.807) is 0 Å². The number of hydrogen-bond acceptors (Lipinski definition) is 3. The van der Waals surface area contributed by atoms with Gasteiger partial charge in [0.1, 0.15) is 6.04 Å². The molecule has 0 aromatic carbocycles. The number of carbonyl (C=O) groups excluding carboxylic acids is 2. The number of rotatable bonds is 6. The average Bonchev–Trinajstić information content (AvgIpc) is 2.84. The summed E-state index contributed by atoms with van der Waals surface area (Å²) in [6.07, 6.45) is 2.55. The lowest BCUT2D eigenvalue weighted by Gasteiger charge is -2.25. The molecule has 2 amide bonds. The van der Waals surface area contributed by atoms with Gasteiger partial charge >= 0.3 is 0 Å². The molecule has 2 atom stereocenters. The lowest BCUT2D eigenvalue weighted by atomic mass is 10.0. The molecule has 0 bridgehead atoms. The molecule has 1 aliphatic rings. The van der Waals surface area contributed by atoms with Gasteiger partial charge in [0.05, 0.1) is 6.04 Å². The largest absolute Gasteiger partial charge is 0.353 e. The first-order valence-corrected chi connectivity index (χ1v) is 7.11. The van der Waals surface area contributed by atoms with Crippen molar-refractivity contribution in [2.45, 2.75) is 52.1 Å². The molecule has 0 aromatic heterocycles. The van der Waals surface area contributed by atoms with Crippen LogP contribution < -0.4 is 10.6 Å². The Morgan fingerprint density at radius 2 is 2.11 bits per heavy atom. The van der Waals surface area contributed by atoms with Crippen molar-refractivity contribution in [2.24, 2.45) is 5.92 Å². The van der Waals surface area contributed by atoms with E-state index in [-0.39, 0.29) is 17.9 Å². The Balaban J connectivity index is 2.62. The monoisotopic (exact) mass is 268 g/mol. The van der Waals surface area contributed by atoms with Gasteiger partial charge in [0.25, 0.3) is 0 Å². The van der Waals surface area contributed by atoms with Crippen LogP contribution in [-0.2, 0) is 9.59 Å². The Labute approximate surface area is 116 Å². The van der Waals surface area contributed by atoms with Crippen LogP contribution in [-0.4, -0.2) is 41.9 Å². The van der Waals surface area contributed by atoms with E-state index >= 15 is 0 Å². The van der Waals surface area contributed by atoms with Crippen molar-refractivity contribution < 1.29 is 9.59 Å². The van der Waals surface area contributed by atoms with E-state index in [1.807, 2.05) is 13.8 Å². The number of nitrogens with zero attached hydrogens (tertiary/aromatic N) is 1. The number of carbonyl (C=O) groups is 2. The van der Waals surface area contributed by atoms with Gasteiger partial charge in [-0.05, 0) is 38.3 Å². The van der Waals surface area contributed by atoms with Crippen molar-refractivity contribution >= 4 is 11.8 Å². The summed E-state index contributed by atoms with van der Waals surface area (Å²) in [7, 11) is 3.39. The molecule has 1 saturated heterocycles. The Hall–Kier alpha value is -1.10. The molecule has 1 radical (unpaired) electrons. The molecule has 2 N–H and O–H groups in total. The lowest BCUT2D eigenvalue weighted by molar-refractivity contribution is -0.131. The van der Waals surface area contributed by atoms with Gasteiger partial charge in [-0.2, -0.15) is 0 Å². The van der Waals surface area contributed by atoms with Crippen LogP contribution in [0.15, 0.2) is 0 Å². The van der Waals surface area contributed by atoms with Crippen molar-refractivity contribution in [1.82, 2.24) is 15.5 Å². The Morgan fingerprint density at radius 3 is 2.63 bits per heavy atom. The fraction of sp³-hybridized carbons (Fsp3) is 0.786. The van der Waals surface area contributed by atoms with Crippen molar-refractivity contribution in [3.05, 3.63) is 7.05 Å². The zero-order valence-electron chi connectivity index (χ0n) is 12.2. The van der Waals surface area contributed by atoms with Gasteiger partial charge in [0.15, 0.2) is 0 Å². The second-order valence-corrected chi connectivity index (χ2v) is 5.52. The summed E-state index contributed by atoms with van der Waals surface area (Å²) >= 11 is 0. The summed E-state index contributed by atoms with van der Waals surface area (Å²) in [5, 5.41) is 5.25. The first kappa shape index (κ1) is 16.0. The molecular formula is C14H26N3O2. The molecule has 5 heteroatoms. The van der Waals surface area contributed by atoms with Crippen LogP contribution in [0.5, 0.6) is 0 Å². The Kier molecular flexibility index (Phi) is 6.28. The van der Waals surface area contributed by atoms with Crippen molar-refractivity contribution in [3.8, 4) is 0 Å². The summed E-state index contributed by atoms with van der Waals surface area (Å²) in [5.41, 5.74) is 0. The minimum absolute atomic E-state index is 0.0337. The number of hydrogen-bond donors (Lipinski definition) is 2. The zero-order valence-corrected chi connectivity index (χ0v) is 12.2.